The fourth-order valence-electron chi connectivity index (χ4n) is 2.20. The number of hydrogen-bond acceptors (Lipinski definition) is 3. The van der Waals surface area contributed by atoms with Crippen LogP contribution in [-0.4, -0.2) is 26.3 Å². The molecule has 1 aliphatic rings. The van der Waals surface area contributed by atoms with Crippen LogP contribution < -0.4 is 10.6 Å². The maximum atomic E-state index is 14.0. The van der Waals surface area contributed by atoms with Crippen LogP contribution in [0.2, 0.25) is 0 Å². The molecule has 17 heavy (non-hydrogen) atoms. The number of ether oxygens (including phenoxy) is 1. The minimum atomic E-state index is -0.193. The highest BCUT2D eigenvalue weighted by Gasteiger charge is 2.19. The van der Waals surface area contributed by atoms with Gasteiger partial charge in [0.15, 0.2) is 0 Å². The molecule has 1 aromatic rings. The van der Waals surface area contributed by atoms with E-state index in [4.69, 9.17) is 10.5 Å². The van der Waals surface area contributed by atoms with Gasteiger partial charge in [-0.2, -0.15) is 0 Å². The van der Waals surface area contributed by atoms with Gasteiger partial charge in [-0.05, 0) is 25.0 Å². The second kappa shape index (κ2) is 5.47. The van der Waals surface area contributed by atoms with Gasteiger partial charge < -0.3 is 15.4 Å². The van der Waals surface area contributed by atoms with E-state index in [1.807, 2.05) is 17.9 Å². The van der Waals surface area contributed by atoms with Crippen molar-refractivity contribution in [1.29, 1.82) is 0 Å². The van der Waals surface area contributed by atoms with Gasteiger partial charge in [-0.3, -0.25) is 0 Å². The molecule has 0 aliphatic carbocycles. The highest BCUT2D eigenvalue weighted by molar-refractivity contribution is 5.56. The predicted octanol–water partition coefficient (Wildman–Crippen LogP) is 2.07. The van der Waals surface area contributed by atoms with Crippen molar-refractivity contribution in [3.63, 3.8) is 0 Å². The zero-order valence-corrected chi connectivity index (χ0v) is 10.2. The molecule has 0 bridgehead atoms. The molecule has 4 heteroatoms. The van der Waals surface area contributed by atoms with Crippen molar-refractivity contribution in [3.05, 3.63) is 29.6 Å². The molecule has 3 nitrogen and oxygen atoms in total. The minimum Gasteiger partial charge on any atom is -0.380 e. The lowest BCUT2D eigenvalue weighted by Gasteiger charge is -2.26. The van der Waals surface area contributed by atoms with Gasteiger partial charge >= 0.3 is 0 Å². The van der Waals surface area contributed by atoms with Crippen LogP contribution in [0.1, 0.15) is 24.9 Å². The van der Waals surface area contributed by atoms with Crippen molar-refractivity contribution in [2.24, 2.45) is 5.73 Å². The SMILES string of the molecule is C[C@H](N)c1cccc(F)c1N1CCCOCC1. The number of halogens is 1. The molecule has 2 rings (SSSR count). The van der Waals surface area contributed by atoms with E-state index in [-0.39, 0.29) is 11.9 Å². The number of para-hydroxylation sites is 1. The molecule has 1 aliphatic heterocycles. The third-order valence-electron chi connectivity index (χ3n) is 3.05. The molecule has 0 aromatic heterocycles. The van der Waals surface area contributed by atoms with Crippen LogP contribution in [0.15, 0.2) is 18.2 Å². The standard InChI is InChI=1S/C13H19FN2O/c1-10(15)11-4-2-5-12(14)13(11)16-6-3-8-17-9-7-16/h2,4-5,10H,3,6-9,15H2,1H3/t10-/m0/s1. The fraction of sp³-hybridized carbons (Fsp3) is 0.538. The number of rotatable bonds is 2. The second-order valence-electron chi connectivity index (χ2n) is 4.42. The first-order valence-corrected chi connectivity index (χ1v) is 6.07. The Hall–Kier alpha value is -1.13. The van der Waals surface area contributed by atoms with Crippen LogP contribution in [0, 0.1) is 5.82 Å². The lowest BCUT2D eigenvalue weighted by atomic mass is 10.1. The molecular weight excluding hydrogens is 219 g/mol. The highest BCUT2D eigenvalue weighted by Crippen LogP contribution is 2.28. The molecule has 0 radical (unpaired) electrons. The Morgan fingerprint density at radius 3 is 2.94 bits per heavy atom. The average Bonchev–Trinajstić information content (AvgIpc) is 2.57. The Morgan fingerprint density at radius 1 is 1.35 bits per heavy atom. The Morgan fingerprint density at radius 2 is 2.18 bits per heavy atom. The van der Waals surface area contributed by atoms with E-state index in [0.29, 0.717) is 12.3 Å². The van der Waals surface area contributed by atoms with Crippen molar-refractivity contribution < 1.29 is 9.13 Å². The number of anilines is 1. The molecule has 94 valence electrons. The Bertz CT molecular complexity index is 374. The Kier molecular flexibility index (Phi) is 3.97. The van der Waals surface area contributed by atoms with Crippen LogP contribution in [0.25, 0.3) is 0 Å². The lowest BCUT2D eigenvalue weighted by molar-refractivity contribution is 0.152. The topological polar surface area (TPSA) is 38.5 Å². The monoisotopic (exact) mass is 238 g/mol. The molecule has 0 amide bonds. The molecule has 0 unspecified atom stereocenters. The number of hydrogen-bond donors (Lipinski definition) is 1. The van der Waals surface area contributed by atoms with E-state index in [1.54, 1.807) is 6.07 Å². The van der Waals surface area contributed by atoms with Gasteiger partial charge in [-0.1, -0.05) is 12.1 Å². The Labute approximate surface area is 101 Å². The van der Waals surface area contributed by atoms with E-state index in [1.165, 1.54) is 6.07 Å². The van der Waals surface area contributed by atoms with E-state index < -0.39 is 0 Å². The normalized spacial score (nSPS) is 18.9. The molecule has 0 spiro atoms. The maximum Gasteiger partial charge on any atom is 0.146 e. The van der Waals surface area contributed by atoms with Crippen LogP contribution in [-0.2, 0) is 4.74 Å². The number of benzene rings is 1. The molecule has 1 aromatic carbocycles. The van der Waals surface area contributed by atoms with Crippen LogP contribution in [0.5, 0.6) is 0 Å². The third-order valence-corrected chi connectivity index (χ3v) is 3.05. The van der Waals surface area contributed by atoms with Gasteiger partial charge in [0, 0.05) is 25.7 Å². The molecule has 0 saturated carbocycles. The summed E-state index contributed by atoms with van der Waals surface area (Å²) < 4.78 is 19.4. The predicted molar refractivity (Wildman–Crippen MR) is 66.7 cm³/mol. The van der Waals surface area contributed by atoms with Crippen LogP contribution in [0.4, 0.5) is 10.1 Å². The largest absolute Gasteiger partial charge is 0.380 e. The van der Waals surface area contributed by atoms with E-state index >= 15 is 0 Å². The summed E-state index contributed by atoms with van der Waals surface area (Å²) in [5.41, 5.74) is 7.42. The second-order valence-corrected chi connectivity index (χ2v) is 4.42. The van der Waals surface area contributed by atoms with Gasteiger partial charge in [0.05, 0.1) is 12.3 Å². The summed E-state index contributed by atoms with van der Waals surface area (Å²) in [4.78, 5) is 2.04. The van der Waals surface area contributed by atoms with Crippen molar-refractivity contribution in [1.82, 2.24) is 0 Å². The highest BCUT2D eigenvalue weighted by atomic mass is 19.1. The summed E-state index contributed by atoms with van der Waals surface area (Å²) >= 11 is 0. The number of nitrogens with zero attached hydrogens (tertiary/aromatic N) is 1. The van der Waals surface area contributed by atoms with Crippen molar-refractivity contribution in [3.8, 4) is 0 Å². The van der Waals surface area contributed by atoms with E-state index in [9.17, 15) is 4.39 Å². The average molecular weight is 238 g/mol. The molecular formula is C13H19FN2O. The number of nitrogens with two attached hydrogens (primary N) is 1. The molecule has 1 saturated heterocycles. The first-order chi connectivity index (χ1) is 8.20. The van der Waals surface area contributed by atoms with E-state index in [0.717, 1.165) is 31.7 Å². The molecule has 1 heterocycles. The first kappa shape index (κ1) is 12.3. The summed E-state index contributed by atoms with van der Waals surface area (Å²) in [7, 11) is 0. The van der Waals surface area contributed by atoms with Gasteiger partial charge in [-0.25, -0.2) is 4.39 Å². The summed E-state index contributed by atoms with van der Waals surface area (Å²) in [6.45, 7) is 4.82. The third kappa shape index (κ3) is 2.76. The summed E-state index contributed by atoms with van der Waals surface area (Å²) in [5.74, 6) is -0.193. The fourth-order valence-corrected chi connectivity index (χ4v) is 2.20. The van der Waals surface area contributed by atoms with Crippen LogP contribution >= 0.6 is 0 Å². The zero-order chi connectivity index (χ0) is 12.3. The quantitative estimate of drug-likeness (QED) is 0.857. The first-order valence-electron chi connectivity index (χ1n) is 6.07. The van der Waals surface area contributed by atoms with Gasteiger partial charge in [-0.15, -0.1) is 0 Å². The summed E-state index contributed by atoms with van der Waals surface area (Å²) in [6, 6.07) is 4.94. The maximum absolute atomic E-state index is 14.0. The van der Waals surface area contributed by atoms with Gasteiger partial charge in [0.25, 0.3) is 0 Å². The molecule has 1 atom stereocenters. The summed E-state index contributed by atoms with van der Waals surface area (Å²) in [5, 5.41) is 0. The van der Waals surface area contributed by atoms with Crippen LogP contribution in [0.3, 0.4) is 0 Å². The molecule has 2 N–H and O–H groups in total. The Balaban J connectivity index is 2.34. The van der Waals surface area contributed by atoms with E-state index in [2.05, 4.69) is 0 Å². The summed E-state index contributed by atoms with van der Waals surface area (Å²) in [6.07, 6.45) is 0.923. The molecule has 1 fully saturated rings. The minimum absolute atomic E-state index is 0.162. The van der Waals surface area contributed by atoms with Gasteiger partial charge in [0.1, 0.15) is 5.82 Å². The smallest absolute Gasteiger partial charge is 0.146 e. The van der Waals surface area contributed by atoms with Crippen molar-refractivity contribution in [2.45, 2.75) is 19.4 Å². The lowest BCUT2D eigenvalue weighted by Crippen LogP contribution is -2.29. The zero-order valence-electron chi connectivity index (χ0n) is 10.2. The van der Waals surface area contributed by atoms with Crippen molar-refractivity contribution >= 4 is 5.69 Å². The van der Waals surface area contributed by atoms with Gasteiger partial charge in [0.2, 0.25) is 0 Å². The van der Waals surface area contributed by atoms with Crippen molar-refractivity contribution in [2.75, 3.05) is 31.2 Å².